The van der Waals surface area contributed by atoms with Crippen molar-refractivity contribution in [2.75, 3.05) is 19.7 Å². The molecule has 2 rings (SSSR count). The third-order valence-electron chi connectivity index (χ3n) is 2.83. The van der Waals surface area contributed by atoms with Gasteiger partial charge >= 0.3 is 0 Å². The summed E-state index contributed by atoms with van der Waals surface area (Å²) in [4.78, 5) is 2.22. The second-order valence-electron chi connectivity index (χ2n) is 4.31. The molecule has 0 amide bonds. The standard InChI is InChI=1S/C12H15Cl2NO2/c1-8-6-15(2-3-17-8)7-9-4-10(13)5-11(14)12(9)16/h4-5,8,16H,2-3,6-7H2,1H3. The van der Waals surface area contributed by atoms with E-state index in [9.17, 15) is 5.11 Å². The number of benzene rings is 1. The van der Waals surface area contributed by atoms with Gasteiger partial charge in [0.1, 0.15) is 5.75 Å². The summed E-state index contributed by atoms with van der Waals surface area (Å²) >= 11 is 11.8. The van der Waals surface area contributed by atoms with Gasteiger partial charge in [0.25, 0.3) is 0 Å². The molecule has 0 bridgehead atoms. The average molecular weight is 276 g/mol. The quantitative estimate of drug-likeness (QED) is 0.901. The van der Waals surface area contributed by atoms with Gasteiger partial charge in [-0.25, -0.2) is 0 Å². The lowest BCUT2D eigenvalue weighted by atomic mass is 10.1. The summed E-state index contributed by atoms with van der Waals surface area (Å²) in [5.41, 5.74) is 0.761. The highest BCUT2D eigenvalue weighted by Crippen LogP contribution is 2.32. The molecule has 0 aromatic heterocycles. The molecule has 0 aliphatic carbocycles. The van der Waals surface area contributed by atoms with Crippen molar-refractivity contribution in [1.29, 1.82) is 0 Å². The molecule has 1 aliphatic heterocycles. The van der Waals surface area contributed by atoms with Crippen LogP contribution < -0.4 is 0 Å². The highest BCUT2D eigenvalue weighted by Gasteiger charge is 2.18. The number of nitrogens with zero attached hydrogens (tertiary/aromatic N) is 1. The predicted molar refractivity (Wildman–Crippen MR) is 68.8 cm³/mol. The fraction of sp³-hybridized carbons (Fsp3) is 0.500. The maximum Gasteiger partial charge on any atom is 0.138 e. The van der Waals surface area contributed by atoms with E-state index in [1.54, 1.807) is 12.1 Å². The van der Waals surface area contributed by atoms with Crippen molar-refractivity contribution < 1.29 is 9.84 Å². The number of rotatable bonds is 2. The van der Waals surface area contributed by atoms with E-state index >= 15 is 0 Å². The Bertz CT molecular complexity index is 412. The largest absolute Gasteiger partial charge is 0.506 e. The number of morpholine rings is 1. The number of halogens is 2. The normalized spacial score (nSPS) is 21.7. The van der Waals surface area contributed by atoms with Crippen LogP contribution in [0.1, 0.15) is 12.5 Å². The Morgan fingerprint density at radius 2 is 2.24 bits per heavy atom. The van der Waals surface area contributed by atoms with Gasteiger partial charge in [0.15, 0.2) is 0 Å². The Balaban J connectivity index is 2.12. The van der Waals surface area contributed by atoms with Crippen molar-refractivity contribution in [2.24, 2.45) is 0 Å². The summed E-state index contributed by atoms with van der Waals surface area (Å²) in [6.45, 7) is 5.10. The second kappa shape index (κ2) is 5.44. The van der Waals surface area contributed by atoms with E-state index in [1.165, 1.54) is 0 Å². The highest BCUT2D eigenvalue weighted by atomic mass is 35.5. The summed E-state index contributed by atoms with van der Waals surface area (Å²) in [5, 5.41) is 10.7. The minimum atomic E-state index is 0.121. The summed E-state index contributed by atoms with van der Waals surface area (Å²) in [6, 6.07) is 3.30. The molecule has 17 heavy (non-hydrogen) atoms. The van der Waals surface area contributed by atoms with Crippen LogP contribution in [0.5, 0.6) is 5.75 Å². The van der Waals surface area contributed by atoms with Crippen molar-refractivity contribution in [1.82, 2.24) is 4.90 Å². The molecule has 3 nitrogen and oxygen atoms in total. The molecule has 1 aromatic carbocycles. The van der Waals surface area contributed by atoms with Crippen LogP contribution in [0.4, 0.5) is 0 Å². The molecule has 1 atom stereocenters. The van der Waals surface area contributed by atoms with E-state index in [0.29, 0.717) is 16.6 Å². The number of hydrogen-bond donors (Lipinski definition) is 1. The van der Waals surface area contributed by atoms with Gasteiger partial charge in [0.2, 0.25) is 0 Å². The van der Waals surface area contributed by atoms with Gasteiger partial charge in [0, 0.05) is 30.2 Å². The minimum Gasteiger partial charge on any atom is -0.506 e. The molecule has 1 heterocycles. The van der Waals surface area contributed by atoms with Gasteiger partial charge in [-0.05, 0) is 19.1 Å². The Labute approximate surface area is 111 Å². The summed E-state index contributed by atoms with van der Waals surface area (Å²) in [7, 11) is 0. The summed E-state index contributed by atoms with van der Waals surface area (Å²) in [5.74, 6) is 0.121. The van der Waals surface area contributed by atoms with Crippen LogP contribution in [0.15, 0.2) is 12.1 Å². The van der Waals surface area contributed by atoms with Crippen LogP contribution in [0, 0.1) is 0 Å². The number of aromatic hydroxyl groups is 1. The lowest BCUT2D eigenvalue weighted by Crippen LogP contribution is -2.40. The molecule has 1 saturated heterocycles. The van der Waals surface area contributed by atoms with Crippen molar-refractivity contribution in [3.8, 4) is 5.75 Å². The van der Waals surface area contributed by atoms with Gasteiger partial charge < -0.3 is 9.84 Å². The third kappa shape index (κ3) is 3.26. The van der Waals surface area contributed by atoms with Crippen molar-refractivity contribution in [3.63, 3.8) is 0 Å². The molecule has 0 radical (unpaired) electrons. The van der Waals surface area contributed by atoms with Crippen LogP contribution >= 0.6 is 23.2 Å². The maximum atomic E-state index is 9.87. The van der Waals surface area contributed by atoms with Crippen LogP contribution in [0.3, 0.4) is 0 Å². The van der Waals surface area contributed by atoms with E-state index in [1.807, 2.05) is 6.92 Å². The average Bonchev–Trinajstić information content (AvgIpc) is 2.25. The van der Waals surface area contributed by atoms with E-state index in [2.05, 4.69) is 4.90 Å². The third-order valence-corrected chi connectivity index (χ3v) is 3.33. The van der Waals surface area contributed by atoms with Crippen molar-refractivity contribution >= 4 is 23.2 Å². The van der Waals surface area contributed by atoms with Gasteiger partial charge in [0.05, 0.1) is 17.7 Å². The molecule has 1 N–H and O–H groups in total. The lowest BCUT2D eigenvalue weighted by molar-refractivity contribution is -0.0213. The highest BCUT2D eigenvalue weighted by molar-refractivity contribution is 6.35. The molecule has 1 unspecified atom stereocenters. The van der Waals surface area contributed by atoms with E-state index in [4.69, 9.17) is 27.9 Å². The first-order valence-corrected chi connectivity index (χ1v) is 6.32. The minimum absolute atomic E-state index is 0.121. The smallest absolute Gasteiger partial charge is 0.138 e. The molecule has 1 fully saturated rings. The fourth-order valence-corrected chi connectivity index (χ4v) is 2.55. The summed E-state index contributed by atoms with van der Waals surface area (Å²) < 4.78 is 5.47. The van der Waals surface area contributed by atoms with Crippen molar-refractivity contribution in [2.45, 2.75) is 19.6 Å². The summed E-state index contributed by atoms with van der Waals surface area (Å²) in [6.07, 6.45) is 0.223. The molecule has 1 aromatic rings. The predicted octanol–water partition coefficient (Wildman–Crippen LogP) is 2.92. The molecule has 0 spiro atoms. The van der Waals surface area contributed by atoms with E-state index < -0.39 is 0 Å². The molecule has 94 valence electrons. The van der Waals surface area contributed by atoms with Crippen molar-refractivity contribution in [3.05, 3.63) is 27.7 Å². The topological polar surface area (TPSA) is 32.7 Å². The second-order valence-corrected chi connectivity index (χ2v) is 5.16. The zero-order valence-corrected chi connectivity index (χ0v) is 11.1. The zero-order valence-electron chi connectivity index (χ0n) is 9.62. The number of phenols is 1. The van der Waals surface area contributed by atoms with Crippen LogP contribution in [0.2, 0.25) is 10.0 Å². The number of phenolic OH excluding ortho intramolecular Hbond substituents is 1. The van der Waals surface area contributed by atoms with Gasteiger partial charge in [-0.3, -0.25) is 4.90 Å². The first-order chi connectivity index (χ1) is 8.06. The van der Waals surface area contributed by atoms with E-state index in [0.717, 1.165) is 25.3 Å². The van der Waals surface area contributed by atoms with Crippen LogP contribution in [-0.2, 0) is 11.3 Å². The molecule has 1 aliphatic rings. The molecular weight excluding hydrogens is 261 g/mol. The zero-order chi connectivity index (χ0) is 12.4. The monoisotopic (exact) mass is 275 g/mol. The molecule has 5 heteroatoms. The Hall–Kier alpha value is -0.480. The Kier molecular flexibility index (Phi) is 4.15. The number of hydrogen-bond acceptors (Lipinski definition) is 3. The van der Waals surface area contributed by atoms with Crippen LogP contribution in [0.25, 0.3) is 0 Å². The first kappa shape index (κ1) is 13.0. The van der Waals surface area contributed by atoms with Gasteiger partial charge in [-0.2, -0.15) is 0 Å². The Morgan fingerprint density at radius 1 is 1.47 bits per heavy atom. The SMILES string of the molecule is CC1CN(Cc2cc(Cl)cc(Cl)c2O)CCO1. The lowest BCUT2D eigenvalue weighted by Gasteiger charge is -2.31. The Morgan fingerprint density at radius 3 is 2.94 bits per heavy atom. The van der Waals surface area contributed by atoms with Crippen LogP contribution in [-0.4, -0.2) is 35.8 Å². The molecular formula is C12H15Cl2NO2. The first-order valence-electron chi connectivity index (χ1n) is 5.57. The fourth-order valence-electron chi connectivity index (χ4n) is 2.01. The maximum absolute atomic E-state index is 9.87. The number of ether oxygens (including phenoxy) is 1. The van der Waals surface area contributed by atoms with Gasteiger partial charge in [-0.1, -0.05) is 23.2 Å². The van der Waals surface area contributed by atoms with E-state index in [-0.39, 0.29) is 11.9 Å². The van der Waals surface area contributed by atoms with Gasteiger partial charge in [-0.15, -0.1) is 0 Å². The molecule has 0 saturated carbocycles.